The third-order valence-corrected chi connectivity index (χ3v) is 4.55. The van der Waals surface area contributed by atoms with Crippen LogP contribution in [-0.2, 0) is 13.6 Å². The van der Waals surface area contributed by atoms with Crippen molar-refractivity contribution in [3.8, 4) is 11.3 Å². The average molecular weight is 364 g/mol. The van der Waals surface area contributed by atoms with Crippen molar-refractivity contribution in [3.63, 3.8) is 0 Å². The van der Waals surface area contributed by atoms with Crippen molar-refractivity contribution in [3.05, 3.63) is 57.5 Å². The van der Waals surface area contributed by atoms with Gasteiger partial charge in [-0.15, -0.1) is 0 Å². The molecular weight excluding hydrogens is 349 g/mol. The van der Waals surface area contributed by atoms with Gasteiger partial charge in [-0.2, -0.15) is 10.2 Å². The molecule has 8 heteroatoms. The van der Waals surface area contributed by atoms with E-state index in [4.69, 9.17) is 23.2 Å². The smallest absolute Gasteiger partial charge is 0.269 e. The maximum atomic E-state index is 12.2. The SMILES string of the molecule is Cc1c(CNC(=O)c2cc(-c3ccc(Cl)c(Cl)c3)n[nH]2)cnn1C. The van der Waals surface area contributed by atoms with Gasteiger partial charge in [0.25, 0.3) is 5.91 Å². The van der Waals surface area contributed by atoms with Gasteiger partial charge in [0.2, 0.25) is 0 Å². The van der Waals surface area contributed by atoms with Crippen LogP contribution in [0.25, 0.3) is 11.3 Å². The first-order valence-electron chi connectivity index (χ1n) is 7.22. The Kier molecular flexibility index (Phi) is 4.59. The van der Waals surface area contributed by atoms with Gasteiger partial charge in [-0.05, 0) is 25.1 Å². The Morgan fingerprint density at radius 1 is 1.29 bits per heavy atom. The van der Waals surface area contributed by atoms with Crippen LogP contribution in [0, 0.1) is 6.92 Å². The van der Waals surface area contributed by atoms with E-state index in [0.29, 0.717) is 28.0 Å². The summed E-state index contributed by atoms with van der Waals surface area (Å²) >= 11 is 11.9. The third-order valence-electron chi connectivity index (χ3n) is 3.81. The van der Waals surface area contributed by atoms with Gasteiger partial charge in [-0.1, -0.05) is 29.3 Å². The quantitative estimate of drug-likeness (QED) is 0.746. The number of carbonyl (C=O) groups excluding carboxylic acids is 1. The van der Waals surface area contributed by atoms with Crippen LogP contribution in [0.15, 0.2) is 30.5 Å². The Balaban J connectivity index is 1.71. The normalized spacial score (nSPS) is 10.8. The fourth-order valence-corrected chi connectivity index (χ4v) is 2.53. The molecule has 0 aliphatic heterocycles. The van der Waals surface area contributed by atoms with Gasteiger partial charge in [0.05, 0.1) is 21.9 Å². The zero-order valence-electron chi connectivity index (χ0n) is 13.1. The van der Waals surface area contributed by atoms with Crippen molar-refractivity contribution in [2.24, 2.45) is 7.05 Å². The molecule has 1 amide bonds. The van der Waals surface area contributed by atoms with Crippen LogP contribution in [0.2, 0.25) is 10.0 Å². The molecule has 3 aromatic rings. The largest absolute Gasteiger partial charge is 0.347 e. The number of nitrogens with one attached hydrogen (secondary N) is 2. The molecule has 0 fully saturated rings. The van der Waals surface area contributed by atoms with E-state index in [1.165, 1.54) is 0 Å². The molecule has 2 N–H and O–H groups in total. The summed E-state index contributed by atoms with van der Waals surface area (Å²) in [4.78, 5) is 12.2. The summed E-state index contributed by atoms with van der Waals surface area (Å²) < 4.78 is 1.76. The molecular formula is C16H15Cl2N5O. The van der Waals surface area contributed by atoms with Crippen LogP contribution in [0.3, 0.4) is 0 Å². The second-order valence-electron chi connectivity index (χ2n) is 5.36. The molecule has 0 radical (unpaired) electrons. The number of halogens is 2. The number of H-pyrrole nitrogens is 1. The summed E-state index contributed by atoms with van der Waals surface area (Å²) in [7, 11) is 1.86. The topological polar surface area (TPSA) is 75.6 Å². The molecule has 0 saturated carbocycles. The second-order valence-corrected chi connectivity index (χ2v) is 6.17. The molecule has 6 nitrogen and oxygen atoms in total. The first kappa shape index (κ1) is 16.5. The minimum atomic E-state index is -0.239. The second kappa shape index (κ2) is 6.67. The van der Waals surface area contributed by atoms with Crippen molar-refractivity contribution in [2.45, 2.75) is 13.5 Å². The Morgan fingerprint density at radius 3 is 2.75 bits per heavy atom. The molecule has 3 rings (SSSR count). The predicted molar refractivity (Wildman–Crippen MR) is 93.2 cm³/mol. The first-order chi connectivity index (χ1) is 11.5. The molecule has 2 heterocycles. The van der Waals surface area contributed by atoms with Crippen molar-refractivity contribution in [1.82, 2.24) is 25.3 Å². The lowest BCUT2D eigenvalue weighted by atomic mass is 10.1. The Labute approximate surface area is 148 Å². The van der Waals surface area contributed by atoms with E-state index in [1.54, 1.807) is 35.1 Å². The van der Waals surface area contributed by atoms with Crippen molar-refractivity contribution < 1.29 is 4.79 Å². The van der Waals surface area contributed by atoms with Gasteiger partial charge in [0.1, 0.15) is 5.69 Å². The summed E-state index contributed by atoms with van der Waals surface area (Å²) in [6.07, 6.45) is 1.74. The highest BCUT2D eigenvalue weighted by Crippen LogP contribution is 2.27. The summed E-state index contributed by atoms with van der Waals surface area (Å²) in [6, 6.07) is 6.87. The van der Waals surface area contributed by atoms with E-state index in [1.807, 2.05) is 14.0 Å². The summed E-state index contributed by atoms with van der Waals surface area (Å²) in [6.45, 7) is 2.35. The molecule has 24 heavy (non-hydrogen) atoms. The number of benzene rings is 1. The van der Waals surface area contributed by atoms with Gasteiger partial charge < -0.3 is 5.32 Å². The molecule has 124 valence electrons. The monoisotopic (exact) mass is 363 g/mol. The lowest BCUT2D eigenvalue weighted by molar-refractivity contribution is 0.0946. The molecule has 0 atom stereocenters. The maximum Gasteiger partial charge on any atom is 0.269 e. The number of amides is 1. The molecule has 0 aliphatic rings. The van der Waals surface area contributed by atoms with Crippen LogP contribution >= 0.6 is 23.2 Å². The average Bonchev–Trinajstić information content (AvgIpc) is 3.17. The first-order valence-corrected chi connectivity index (χ1v) is 7.98. The Hall–Kier alpha value is -2.31. The van der Waals surface area contributed by atoms with Gasteiger partial charge >= 0.3 is 0 Å². The molecule has 0 spiro atoms. The number of aromatic amines is 1. The number of aryl methyl sites for hydroxylation is 1. The van der Waals surface area contributed by atoms with Crippen LogP contribution in [-0.4, -0.2) is 25.9 Å². The van der Waals surface area contributed by atoms with E-state index in [-0.39, 0.29) is 5.91 Å². The van der Waals surface area contributed by atoms with Crippen molar-refractivity contribution in [2.75, 3.05) is 0 Å². The minimum Gasteiger partial charge on any atom is -0.347 e. The lowest BCUT2D eigenvalue weighted by Crippen LogP contribution is -2.23. The minimum absolute atomic E-state index is 0.239. The molecule has 0 unspecified atom stereocenters. The number of nitrogens with zero attached hydrogens (tertiary/aromatic N) is 3. The third kappa shape index (κ3) is 3.29. The number of aromatic nitrogens is 4. The number of hydrogen-bond donors (Lipinski definition) is 2. The number of rotatable bonds is 4. The van der Waals surface area contributed by atoms with E-state index >= 15 is 0 Å². The highest BCUT2D eigenvalue weighted by atomic mass is 35.5. The molecule has 0 saturated heterocycles. The molecule has 1 aromatic carbocycles. The Bertz CT molecular complexity index is 900. The summed E-state index contributed by atoms with van der Waals surface area (Å²) in [5.41, 5.74) is 3.75. The zero-order valence-corrected chi connectivity index (χ0v) is 14.6. The summed E-state index contributed by atoms with van der Waals surface area (Å²) in [5.74, 6) is -0.239. The molecule has 0 aliphatic carbocycles. The number of hydrogen-bond acceptors (Lipinski definition) is 3. The number of carbonyl (C=O) groups is 1. The van der Waals surface area contributed by atoms with Crippen LogP contribution < -0.4 is 5.32 Å². The van der Waals surface area contributed by atoms with Crippen LogP contribution in [0.4, 0.5) is 0 Å². The fourth-order valence-electron chi connectivity index (χ4n) is 2.23. The van der Waals surface area contributed by atoms with Crippen LogP contribution in [0.5, 0.6) is 0 Å². The highest BCUT2D eigenvalue weighted by molar-refractivity contribution is 6.42. The predicted octanol–water partition coefficient (Wildman–Crippen LogP) is 3.36. The lowest BCUT2D eigenvalue weighted by Gasteiger charge is -2.03. The van der Waals surface area contributed by atoms with E-state index in [0.717, 1.165) is 16.8 Å². The Morgan fingerprint density at radius 2 is 2.08 bits per heavy atom. The van der Waals surface area contributed by atoms with E-state index in [2.05, 4.69) is 20.6 Å². The van der Waals surface area contributed by atoms with Gasteiger partial charge in [-0.3, -0.25) is 14.6 Å². The van der Waals surface area contributed by atoms with Gasteiger partial charge in [-0.25, -0.2) is 0 Å². The maximum absolute atomic E-state index is 12.2. The van der Waals surface area contributed by atoms with E-state index < -0.39 is 0 Å². The molecule has 0 bridgehead atoms. The zero-order chi connectivity index (χ0) is 17.3. The summed E-state index contributed by atoms with van der Waals surface area (Å²) in [5, 5.41) is 14.8. The highest BCUT2D eigenvalue weighted by Gasteiger charge is 2.13. The van der Waals surface area contributed by atoms with Crippen molar-refractivity contribution in [1.29, 1.82) is 0 Å². The molecule has 2 aromatic heterocycles. The fraction of sp³-hybridized carbons (Fsp3) is 0.188. The van der Waals surface area contributed by atoms with Gasteiger partial charge in [0.15, 0.2) is 0 Å². The van der Waals surface area contributed by atoms with Crippen LogP contribution in [0.1, 0.15) is 21.7 Å². The van der Waals surface area contributed by atoms with E-state index in [9.17, 15) is 4.79 Å². The standard InChI is InChI=1S/C16H15Cl2N5O/c1-9-11(8-20-23(9)2)7-19-16(24)15-6-14(21-22-15)10-3-4-12(17)13(18)5-10/h3-6,8H,7H2,1-2H3,(H,19,24)(H,21,22). The van der Waals surface area contributed by atoms with Gasteiger partial charge in [0, 0.05) is 30.4 Å². The van der Waals surface area contributed by atoms with Crippen molar-refractivity contribution >= 4 is 29.1 Å².